The summed E-state index contributed by atoms with van der Waals surface area (Å²) >= 11 is 1.88. The molecule has 0 radical (unpaired) electrons. The van der Waals surface area contributed by atoms with Gasteiger partial charge in [-0.15, -0.1) is 0 Å². The van der Waals surface area contributed by atoms with Gasteiger partial charge in [-0.3, -0.25) is 4.79 Å². The lowest BCUT2D eigenvalue weighted by molar-refractivity contribution is -0.122. The maximum atomic E-state index is 12.2. The second kappa shape index (κ2) is 8.39. The number of thioether (sulfide) groups is 1. The molecule has 0 aromatic rings. The Morgan fingerprint density at radius 1 is 1.38 bits per heavy atom. The van der Waals surface area contributed by atoms with Crippen molar-refractivity contribution in [3.05, 3.63) is 0 Å². The van der Waals surface area contributed by atoms with Crippen LogP contribution in [-0.4, -0.2) is 49.8 Å². The summed E-state index contributed by atoms with van der Waals surface area (Å²) in [6.45, 7) is 6.87. The van der Waals surface area contributed by atoms with Crippen molar-refractivity contribution in [3.63, 3.8) is 0 Å². The summed E-state index contributed by atoms with van der Waals surface area (Å²) in [6, 6.07) is 0. The van der Waals surface area contributed by atoms with Crippen LogP contribution in [0.15, 0.2) is 0 Å². The summed E-state index contributed by atoms with van der Waals surface area (Å²) in [4.78, 5) is 12.2. The molecule has 2 N–H and O–H groups in total. The maximum Gasteiger partial charge on any atom is 0.220 e. The standard InChI is InChI=1S/C16H30N2O2S/c1-13(14-3-7-17-8-4-14)11-15(19)18-12-16(21-2)5-9-20-10-6-16/h13-14,17H,3-12H2,1-2H3,(H,18,19). The molecule has 0 saturated carbocycles. The van der Waals surface area contributed by atoms with Crippen LogP contribution in [0.25, 0.3) is 0 Å². The molecule has 1 unspecified atom stereocenters. The number of hydrogen-bond acceptors (Lipinski definition) is 4. The average molecular weight is 314 g/mol. The van der Waals surface area contributed by atoms with E-state index in [1.54, 1.807) is 0 Å². The number of carbonyl (C=O) groups excluding carboxylic acids is 1. The van der Waals surface area contributed by atoms with Gasteiger partial charge in [0.25, 0.3) is 0 Å². The fraction of sp³-hybridized carbons (Fsp3) is 0.938. The van der Waals surface area contributed by atoms with Crippen LogP contribution in [-0.2, 0) is 9.53 Å². The molecule has 2 rings (SSSR count). The van der Waals surface area contributed by atoms with E-state index in [9.17, 15) is 4.79 Å². The molecule has 0 aromatic carbocycles. The Morgan fingerprint density at radius 3 is 2.67 bits per heavy atom. The molecule has 2 fully saturated rings. The molecule has 0 aromatic heterocycles. The first-order valence-corrected chi connectivity index (χ1v) is 9.48. The molecule has 2 heterocycles. The summed E-state index contributed by atoms with van der Waals surface area (Å²) < 4.78 is 5.63. The first kappa shape index (κ1) is 17.1. The Bertz CT molecular complexity index is 326. The fourth-order valence-corrected chi connectivity index (χ4v) is 4.19. The van der Waals surface area contributed by atoms with E-state index in [0.29, 0.717) is 18.3 Å². The first-order chi connectivity index (χ1) is 10.2. The Morgan fingerprint density at radius 2 is 2.05 bits per heavy atom. The van der Waals surface area contributed by atoms with E-state index in [0.717, 1.165) is 45.7 Å². The van der Waals surface area contributed by atoms with Crippen molar-refractivity contribution in [2.45, 2.75) is 43.8 Å². The van der Waals surface area contributed by atoms with Crippen LogP contribution < -0.4 is 10.6 Å². The van der Waals surface area contributed by atoms with Crippen LogP contribution >= 0.6 is 11.8 Å². The third-order valence-electron chi connectivity index (χ3n) is 5.14. The molecule has 2 aliphatic heterocycles. The average Bonchev–Trinajstić information content (AvgIpc) is 2.54. The molecule has 1 amide bonds. The quantitative estimate of drug-likeness (QED) is 0.788. The van der Waals surface area contributed by atoms with Gasteiger partial charge in [-0.05, 0) is 56.9 Å². The Kier molecular flexibility index (Phi) is 6.83. The molecule has 0 aliphatic carbocycles. The second-order valence-electron chi connectivity index (χ2n) is 6.55. The summed E-state index contributed by atoms with van der Waals surface area (Å²) in [6.07, 6.45) is 7.32. The smallest absolute Gasteiger partial charge is 0.220 e. The second-order valence-corrected chi connectivity index (χ2v) is 7.82. The molecule has 2 saturated heterocycles. The molecule has 4 nitrogen and oxygen atoms in total. The van der Waals surface area contributed by atoms with E-state index in [-0.39, 0.29) is 10.7 Å². The molecule has 0 spiro atoms. The summed E-state index contributed by atoms with van der Waals surface area (Å²) in [7, 11) is 0. The first-order valence-electron chi connectivity index (χ1n) is 8.25. The highest BCUT2D eigenvalue weighted by molar-refractivity contribution is 8.00. The van der Waals surface area contributed by atoms with Crippen molar-refractivity contribution < 1.29 is 9.53 Å². The number of amides is 1. The number of rotatable bonds is 6. The number of ether oxygens (including phenoxy) is 1. The van der Waals surface area contributed by atoms with E-state index in [1.807, 2.05) is 11.8 Å². The predicted octanol–water partition coefficient (Wildman–Crippen LogP) is 2.04. The van der Waals surface area contributed by atoms with Crippen LogP contribution in [0.5, 0.6) is 0 Å². The van der Waals surface area contributed by atoms with Gasteiger partial charge in [-0.1, -0.05) is 6.92 Å². The van der Waals surface area contributed by atoms with E-state index in [2.05, 4.69) is 23.8 Å². The molecule has 21 heavy (non-hydrogen) atoms. The van der Waals surface area contributed by atoms with Gasteiger partial charge in [0.15, 0.2) is 0 Å². The van der Waals surface area contributed by atoms with Crippen LogP contribution in [0.3, 0.4) is 0 Å². The minimum absolute atomic E-state index is 0.186. The topological polar surface area (TPSA) is 50.4 Å². The lowest BCUT2D eigenvalue weighted by Gasteiger charge is -2.36. The van der Waals surface area contributed by atoms with Gasteiger partial charge in [0.1, 0.15) is 0 Å². The highest BCUT2D eigenvalue weighted by Gasteiger charge is 2.32. The lowest BCUT2D eigenvalue weighted by Crippen LogP contribution is -2.44. The van der Waals surface area contributed by atoms with Gasteiger partial charge >= 0.3 is 0 Å². The van der Waals surface area contributed by atoms with Crippen LogP contribution in [0, 0.1) is 11.8 Å². The number of piperidine rings is 1. The highest BCUT2D eigenvalue weighted by Crippen LogP contribution is 2.33. The number of carbonyl (C=O) groups is 1. The minimum Gasteiger partial charge on any atom is -0.381 e. The zero-order chi connectivity index (χ0) is 15.1. The molecule has 2 aliphatic rings. The monoisotopic (exact) mass is 314 g/mol. The summed E-state index contributed by atoms with van der Waals surface area (Å²) in [5, 5.41) is 6.57. The van der Waals surface area contributed by atoms with Gasteiger partial charge in [0, 0.05) is 30.9 Å². The van der Waals surface area contributed by atoms with E-state index in [4.69, 9.17) is 4.74 Å². The Balaban J connectivity index is 1.73. The maximum absolute atomic E-state index is 12.2. The summed E-state index contributed by atoms with van der Waals surface area (Å²) in [5.74, 6) is 1.42. The van der Waals surface area contributed by atoms with Crippen molar-refractivity contribution in [1.82, 2.24) is 10.6 Å². The third-order valence-corrected chi connectivity index (χ3v) is 6.56. The van der Waals surface area contributed by atoms with Crippen molar-refractivity contribution in [2.24, 2.45) is 11.8 Å². The Labute approximate surface area is 133 Å². The van der Waals surface area contributed by atoms with Gasteiger partial charge < -0.3 is 15.4 Å². The normalized spacial score (nSPS) is 24.5. The molecule has 122 valence electrons. The summed E-state index contributed by atoms with van der Waals surface area (Å²) in [5.41, 5.74) is 0. The number of hydrogen-bond donors (Lipinski definition) is 2. The van der Waals surface area contributed by atoms with Gasteiger partial charge in [0.05, 0.1) is 0 Å². The van der Waals surface area contributed by atoms with Crippen LogP contribution in [0.4, 0.5) is 0 Å². The number of nitrogens with one attached hydrogen (secondary N) is 2. The predicted molar refractivity (Wildman–Crippen MR) is 88.7 cm³/mol. The van der Waals surface area contributed by atoms with E-state index >= 15 is 0 Å². The van der Waals surface area contributed by atoms with Crippen molar-refractivity contribution in [2.75, 3.05) is 39.1 Å². The zero-order valence-corrected chi connectivity index (χ0v) is 14.3. The van der Waals surface area contributed by atoms with E-state index < -0.39 is 0 Å². The highest BCUT2D eigenvalue weighted by atomic mass is 32.2. The largest absolute Gasteiger partial charge is 0.381 e. The van der Waals surface area contributed by atoms with Crippen LogP contribution in [0.2, 0.25) is 0 Å². The van der Waals surface area contributed by atoms with Crippen LogP contribution in [0.1, 0.15) is 39.0 Å². The SMILES string of the molecule is CSC1(CNC(=O)CC(C)C2CCNCC2)CCOCC1. The molecule has 0 bridgehead atoms. The van der Waals surface area contributed by atoms with Gasteiger partial charge in [-0.25, -0.2) is 0 Å². The molecule has 5 heteroatoms. The van der Waals surface area contributed by atoms with Gasteiger partial charge in [0.2, 0.25) is 5.91 Å². The van der Waals surface area contributed by atoms with Crippen molar-refractivity contribution >= 4 is 17.7 Å². The molecular weight excluding hydrogens is 284 g/mol. The van der Waals surface area contributed by atoms with Crippen molar-refractivity contribution in [1.29, 1.82) is 0 Å². The van der Waals surface area contributed by atoms with E-state index in [1.165, 1.54) is 12.8 Å². The lowest BCUT2D eigenvalue weighted by atomic mass is 9.84. The third kappa shape index (κ3) is 5.15. The molecular formula is C16H30N2O2S. The Hall–Kier alpha value is -0.260. The minimum atomic E-state index is 0.186. The zero-order valence-electron chi connectivity index (χ0n) is 13.5. The van der Waals surface area contributed by atoms with Crippen molar-refractivity contribution in [3.8, 4) is 0 Å². The fourth-order valence-electron chi connectivity index (χ4n) is 3.40. The molecule has 1 atom stereocenters. The van der Waals surface area contributed by atoms with Gasteiger partial charge in [-0.2, -0.15) is 11.8 Å².